The van der Waals surface area contributed by atoms with Gasteiger partial charge in [-0.15, -0.1) is 0 Å². The quantitative estimate of drug-likeness (QED) is 0.781. The molecule has 15 heavy (non-hydrogen) atoms. The molecular formula is C9H6BrClN2OS. The third-order valence-corrected chi connectivity index (χ3v) is 3.22. The molecule has 1 aromatic carbocycles. The van der Waals surface area contributed by atoms with Gasteiger partial charge in [0.05, 0.1) is 0 Å². The SMILES string of the molecule is O=C1NC(=S)NC1c1cc(Cl)ccc1Br. The second kappa shape index (κ2) is 4.08. The van der Waals surface area contributed by atoms with Crippen molar-refractivity contribution in [2.75, 3.05) is 0 Å². The maximum absolute atomic E-state index is 11.5. The van der Waals surface area contributed by atoms with E-state index >= 15 is 0 Å². The zero-order valence-electron chi connectivity index (χ0n) is 7.38. The van der Waals surface area contributed by atoms with Crippen LogP contribution in [0, 0.1) is 0 Å². The van der Waals surface area contributed by atoms with Crippen LogP contribution in [0.1, 0.15) is 11.6 Å². The summed E-state index contributed by atoms with van der Waals surface area (Å²) in [6.07, 6.45) is 0. The molecule has 1 amide bonds. The monoisotopic (exact) mass is 304 g/mol. The van der Waals surface area contributed by atoms with Gasteiger partial charge >= 0.3 is 0 Å². The van der Waals surface area contributed by atoms with E-state index < -0.39 is 6.04 Å². The topological polar surface area (TPSA) is 41.1 Å². The molecule has 0 bridgehead atoms. The first-order chi connectivity index (χ1) is 7.08. The third kappa shape index (κ3) is 2.14. The van der Waals surface area contributed by atoms with E-state index in [1.165, 1.54) is 0 Å². The molecule has 3 nitrogen and oxygen atoms in total. The molecule has 0 saturated carbocycles. The first-order valence-corrected chi connectivity index (χ1v) is 5.72. The van der Waals surface area contributed by atoms with E-state index in [1.807, 2.05) is 0 Å². The smallest absolute Gasteiger partial charge is 0.253 e. The van der Waals surface area contributed by atoms with Gasteiger partial charge in [0, 0.05) is 9.50 Å². The lowest BCUT2D eigenvalue weighted by atomic mass is 10.1. The molecule has 78 valence electrons. The minimum Gasteiger partial charge on any atom is -0.347 e. The van der Waals surface area contributed by atoms with Crippen LogP contribution in [0.3, 0.4) is 0 Å². The Bertz CT molecular complexity index is 452. The molecule has 1 unspecified atom stereocenters. The van der Waals surface area contributed by atoms with Gasteiger partial charge in [-0.2, -0.15) is 0 Å². The normalized spacial score (nSPS) is 20.0. The summed E-state index contributed by atoms with van der Waals surface area (Å²) in [6.45, 7) is 0. The number of amides is 1. The van der Waals surface area contributed by atoms with E-state index in [0.717, 1.165) is 10.0 Å². The minimum atomic E-state index is -0.467. The van der Waals surface area contributed by atoms with E-state index in [2.05, 4.69) is 26.6 Å². The second-order valence-electron chi connectivity index (χ2n) is 3.06. The lowest BCUT2D eigenvalue weighted by molar-refractivity contribution is -0.120. The Labute approximate surface area is 105 Å². The molecule has 1 aliphatic rings. The summed E-state index contributed by atoms with van der Waals surface area (Å²) in [6, 6.07) is 4.82. The summed E-state index contributed by atoms with van der Waals surface area (Å²) in [4.78, 5) is 11.5. The lowest BCUT2D eigenvalue weighted by Crippen LogP contribution is -2.21. The Morgan fingerprint density at radius 2 is 2.20 bits per heavy atom. The van der Waals surface area contributed by atoms with Gasteiger partial charge in [-0.05, 0) is 36.0 Å². The number of nitrogens with one attached hydrogen (secondary N) is 2. The first kappa shape index (κ1) is 10.9. The van der Waals surface area contributed by atoms with Gasteiger partial charge in [-0.25, -0.2) is 0 Å². The highest BCUT2D eigenvalue weighted by atomic mass is 79.9. The van der Waals surface area contributed by atoms with E-state index in [1.54, 1.807) is 18.2 Å². The average Bonchev–Trinajstić information content (AvgIpc) is 2.50. The molecule has 1 atom stereocenters. The van der Waals surface area contributed by atoms with Crippen molar-refractivity contribution < 1.29 is 4.79 Å². The summed E-state index contributed by atoms with van der Waals surface area (Å²) < 4.78 is 0.823. The predicted molar refractivity (Wildman–Crippen MR) is 65.8 cm³/mol. The maximum Gasteiger partial charge on any atom is 0.253 e. The molecule has 1 heterocycles. The molecule has 2 rings (SSSR count). The molecule has 1 aromatic rings. The number of rotatable bonds is 1. The van der Waals surface area contributed by atoms with Crippen molar-refractivity contribution in [1.82, 2.24) is 10.6 Å². The lowest BCUT2D eigenvalue weighted by Gasteiger charge is -2.10. The van der Waals surface area contributed by atoms with Gasteiger partial charge in [0.1, 0.15) is 6.04 Å². The van der Waals surface area contributed by atoms with Crippen molar-refractivity contribution >= 4 is 50.8 Å². The summed E-state index contributed by atoms with van der Waals surface area (Å²) in [5.74, 6) is -0.164. The van der Waals surface area contributed by atoms with Crippen LogP contribution in [0.5, 0.6) is 0 Å². The highest BCUT2D eigenvalue weighted by molar-refractivity contribution is 9.10. The predicted octanol–water partition coefficient (Wildman–Crippen LogP) is 2.15. The van der Waals surface area contributed by atoms with Crippen LogP contribution in [-0.4, -0.2) is 11.0 Å². The summed E-state index contributed by atoms with van der Waals surface area (Å²) in [5, 5.41) is 6.33. The molecule has 1 aliphatic heterocycles. The molecule has 1 saturated heterocycles. The minimum absolute atomic E-state index is 0.164. The second-order valence-corrected chi connectivity index (χ2v) is 4.76. The van der Waals surface area contributed by atoms with Gasteiger partial charge in [0.2, 0.25) is 0 Å². The van der Waals surface area contributed by atoms with E-state index in [-0.39, 0.29) is 5.91 Å². The first-order valence-electron chi connectivity index (χ1n) is 4.14. The number of halogens is 2. The van der Waals surface area contributed by atoms with Crippen LogP contribution < -0.4 is 10.6 Å². The Morgan fingerprint density at radius 3 is 2.80 bits per heavy atom. The Hall–Kier alpha value is -0.650. The molecule has 1 fully saturated rings. The number of hydrogen-bond acceptors (Lipinski definition) is 2. The number of thiocarbonyl (C=S) groups is 1. The van der Waals surface area contributed by atoms with Crippen LogP contribution in [0.25, 0.3) is 0 Å². The average molecular weight is 306 g/mol. The fourth-order valence-electron chi connectivity index (χ4n) is 1.37. The van der Waals surface area contributed by atoms with E-state index in [9.17, 15) is 4.79 Å². The molecule has 2 N–H and O–H groups in total. The summed E-state index contributed by atoms with van der Waals surface area (Å²) >= 11 is 14.1. The van der Waals surface area contributed by atoms with Crippen LogP contribution >= 0.6 is 39.7 Å². The zero-order chi connectivity index (χ0) is 11.0. The number of carbonyl (C=O) groups is 1. The molecule has 0 radical (unpaired) electrons. The highest BCUT2D eigenvalue weighted by Crippen LogP contribution is 2.28. The van der Waals surface area contributed by atoms with Gasteiger partial charge in [0.25, 0.3) is 5.91 Å². The Kier molecular flexibility index (Phi) is 2.95. The van der Waals surface area contributed by atoms with Crippen LogP contribution in [0.2, 0.25) is 5.02 Å². The number of benzene rings is 1. The number of carbonyl (C=O) groups excluding carboxylic acids is 1. The van der Waals surface area contributed by atoms with Crippen molar-refractivity contribution in [2.24, 2.45) is 0 Å². The molecule has 0 aromatic heterocycles. The fraction of sp³-hybridized carbons (Fsp3) is 0.111. The van der Waals surface area contributed by atoms with Crippen molar-refractivity contribution in [3.63, 3.8) is 0 Å². The van der Waals surface area contributed by atoms with Crippen molar-refractivity contribution in [1.29, 1.82) is 0 Å². The van der Waals surface area contributed by atoms with Crippen molar-refractivity contribution in [3.8, 4) is 0 Å². The van der Waals surface area contributed by atoms with Crippen LogP contribution in [-0.2, 0) is 4.79 Å². The van der Waals surface area contributed by atoms with Gasteiger partial charge in [0.15, 0.2) is 5.11 Å². The maximum atomic E-state index is 11.5. The standard InChI is InChI=1S/C9H6BrClN2OS/c10-6-2-1-4(11)3-5(6)7-8(14)13-9(15)12-7/h1-3,7H,(H2,12,13,14,15). The van der Waals surface area contributed by atoms with Gasteiger partial charge in [-0.3, -0.25) is 4.79 Å². The van der Waals surface area contributed by atoms with Crippen molar-refractivity contribution in [3.05, 3.63) is 33.3 Å². The van der Waals surface area contributed by atoms with E-state index in [4.69, 9.17) is 23.8 Å². The highest BCUT2D eigenvalue weighted by Gasteiger charge is 2.30. The third-order valence-electron chi connectivity index (χ3n) is 2.04. The molecule has 6 heteroatoms. The zero-order valence-corrected chi connectivity index (χ0v) is 10.5. The molecule has 0 spiro atoms. The van der Waals surface area contributed by atoms with E-state index in [0.29, 0.717) is 10.1 Å². The molecule has 0 aliphatic carbocycles. The van der Waals surface area contributed by atoms with Crippen LogP contribution in [0.4, 0.5) is 0 Å². The summed E-state index contributed by atoms with van der Waals surface area (Å²) in [7, 11) is 0. The largest absolute Gasteiger partial charge is 0.347 e. The summed E-state index contributed by atoms with van der Waals surface area (Å²) in [5.41, 5.74) is 0.778. The van der Waals surface area contributed by atoms with Crippen LogP contribution in [0.15, 0.2) is 22.7 Å². The van der Waals surface area contributed by atoms with Gasteiger partial charge in [-0.1, -0.05) is 27.5 Å². The number of hydrogen-bond donors (Lipinski definition) is 2. The Balaban J connectivity index is 2.41. The fourth-order valence-corrected chi connectivity index (χ4v) is 2.25. The molecular weight excluding hydrogens is 300 g/mol. The Morgan fingerprint density at radius 1 is 1.47 bits per heavy atom. The van der Waals surface area contributed by atoms with Crippen molar-refractivity contribution in [2.45, 2.75) is 6.04 Å². The van der Waals surface area contributed by atoms with Gasteiger partial charge < -0.3 is 10.6 Å².